The maximum absolute atomic E-state index is 13.0. The van der Waals surface area contributed by atoms with Gasteiger partial charge < -0.3 is 0 Å². The van der Waals surface area contributed by atoms with E-state index in [4.69, 9.17) is 11.6 Å². The Morgan fingerprint density at radius 3 is 2.50 bits per heavy atom. The molecule has 0 spiro atoms. The molecule has 0 aliphatic heterocycles. The molecule has 0 saturated carbocycles. The molecule has 0 unspecified atom stereocenters. The predicted molar refractivity (Wildman–Crippen MR) is 53.7 cm³/mol. The van der Waals surface area contributed by atoms with Crippen LogP contribution in [0.25, 0.3) is 0 Å². The van der Waals surface area contributed by atoms with Crippen LogP contribution in [0.5, 0.6) is 0 Å². The van der Waals surface area contributed by atoms with Gasteiger partial charge in [0, 0.05) is 5.88 Å². The van der Waals surface area contributed by atoms with Gasteiger partial charge in [-0.2, -0.15) is 0 Å². The van der Waals surface area contributed by atoms with Crippen LogP contribution in [0.4, 0.5) is 4.39 Å². The smallest absolute Gasteiger partial charge is 0.178 e. The molecule has 0 aliphatic rings. The quantitative estimate of drug-likeness (QED) is 0.755. The fraction of sp³-hybridized carbons (Fsp3) is 0.333. The summed E-state index contributed by atoms with van der Waals surface area (Å²) >= 11 is 5.50. The highest BCUT2D eigenvalue weighted by molar-refractivity contribution is 7.91. The summed E-state index contributed by atoms with van der Waals surface area (Å²) < 4.78 is 35.8. The first-order valence-electron chi connectivity index (χ1n) is 4.08. The summed E-state index contributed by atoms with van der Waals surface area (Å²) in [5.74, 6) is -0.516. The number of alkyl halides is 1. The van der Waals surface area contributed by atoms with E-state index >= 15 is 0 Å². The minimum atomic E-state index is -3.35. The lowest BCUT2D eigenvalue weighted by molar-refractivity contribution is 0.591. The minimum absolute atomic E-state index is 0.00403. The van der Waals surface area contributed by atoms with Crippen molar-refractivity contribution >= 4 is 21.4 Å². The first-order valence-corrected chi connectivity index (χ1v) is 6.26. The van der Waals surface area contributed by atoms with Crippen molar-refractivity contribution in [2.45, 2.75) is 17.7 Å². The Labute approximate surface area is 87.6 Å². The van der Waals surface area contributed by atoms with Crippen molar-refractivity contribution in [2.24, 2.45) is 0 Å². The third-order valence-electron chi connectivity index (χ3n) is 1.82. The molecule has 78 valence electrons. The van der Waals surface area contributed by atoms with Crippen molar-refractivity contribution in [1.29, 1.82) is 0 Å². The lowest BCUT2D eigenvalue weighted by Crippen LogP contribution is -2.04. The van der Waals surface area contributed by atoms with Gasteiger partial charge in [-0.25, -0.2) is 12.8 Å². The summed E-state index contributed by atoms with van der Waals surface area (Å²) in [7, 11) is -3.35. The van der Waals surface area contributed by atoms with E-state index in [1.165, 1.54) is 19.1 Å². The molecule has 0 aliphatic carbocycles. The first-order chi connectivity index (χ1) is 6.49. The molecule has 0 fully saturated rings. The molecule has 1 rings (SSSR count). The Bertz CT molecular complexity index is 428. The van der Waals surface area contributed by atoms with E-state index in [2.05, 4.69) is 0 Å². The van der Waals surface area contributed by atoms with Crippen molar-refractivity contribution in [3.63, 3.8) is 0 Å². The van der Waals surface area contributed by atoms with E-state index in [1.807, 2.05) is 0 Å². The van der Waals surface area contributed by atoms with Crippen LogP contribution in [-0.2, 0) is 15.7 Å². The van der Waals surface area contributed by atoms with Crippen LogP contribution in [0, 0.1) is 5.82 Å². The summed E-state index contributed by atoms with van der Waals surface area (Å²) in [5.41, 5.74) is 0.471. The van der Waals surface area contributed by atoms with Gasteiger partial charge in [-0.1, -0.05) is 6.92 Å². The third kappa shape index (κ3) is 2.45. The number of halogens is 2. The summed E-state index contributed by atoms with van der Waals surface area (Å²) in [6.45, 7) is 1.51. The third-order valence-corrected chi connectivity index (χ3v) is 3.85. The first kappa shape index (κ1) is 11.5. The molecule has 0 saturated heterocycles. The van der Waals surface area contributed by atoms with Crippen LogP contribution in [0.15, 0.2) is 23.1 Å². The van der Waals surface area contributed by atoms with Gasteiger partial charge in [0.05, 0.1) is 10.6 Å². The van der Waals surface area contributed by atoms with E-state index in [1.54, 1.807) is 0 Å². The number of hydrogen-bond acceptors (Lipinski definition) is 2. The highest BCUT2D eigenvalue weighted by Crippen LogP contribution is 2.17. The molecule has 0 heterocycles. The second-order valence-electron chi connectivity index (χ2n) is 2.83. The monoisotopic (exact) mass is 236 g/mol. The molecule has 1 aromatic rings. The second kappa shape index (κ2) is 4.28. The molecule has 0 amide bonds. The van der Waals surface area contributed by atoms with E-state index in [0.717, 1.165) is 6.07 Å². The van der Waals surface area contributed by atoms with Crippen molar-refractivity contribution in [3.8, 4) is 0 Å². The summed E-state index contributed by atoms with van der Waals surface area (Å²) in [6.07, 6.45) is 0. The molecular weight excluding hydrogens is 227 g/mol. The van der Waals surface area contributed by atoms with E-state index in [-0.39, 0.29) is 16.5 Å². The molecule has 0 aromatic heterocycles. The molecule has 0 radical (unpaired) electrons. The van der Waals surface area contributed by atoms with Crippen LogP contribution >= 0.6 is 11.6 Å². The van der Waals surface area contributed by atoms with Gasteiger partial charge >= 0.3 is 0 Å². The average molecular weight is 237 g/mol. The van der Waals surface area contributed by atoms with Gasteiger partial charge in [-0.15, -0.1) is 11.6 Å². The molecule has 14 heavy (non-hydrogen) atoms. The molecule has 0 N–H and O–H groups in total. The molecular formula is C9H10ClFO2S. The molecule has 1 aromatic carbocycles. The molecule has 2 nitrogen and oxygen atoms in total. The standard InChI is InChI=1S/C9H10ClFO2S/c1-2-14(12,13)9-4-7(6-10)3-8(11)5-9/h3-5H,2,6H2,1H3. The predicted octanol–water partition coefficient (Wildman–Crippen LogP) is 2.36. The molecule has 0 bridgehead atoms. The largest absolute Gasteiger partial charge is 0.224 e. The van der Waals surface area contributed by atoms with Gasteiger partial charge in [0.2, 0.25) is 0 Å². The zero-order valence-corrected chi connectivity index (χ0v) is 9.20. The number of rotatable bonds is 3. The van der Waals surface area contributed by atoms with Gasteiger partial charge in [0.15, 0.2) is 9.84 Å². The second-order valence-corrected chi connectivity index (χ2v) is 5.38. The zero-order valence-electron chi connectivity index (χ0n) is 7.63. The fourth-order valence-corrected chi connectivity index (χ4v) is 2.15. The summed E-state index contributed by atoms with van der Waals surface area (Å²) in [5, 5.41) is 0. The zero-order chi connectivity index (χ0) is 10.8. The van der Waals surface area contributed by atoms with Crippen LogP contribution in [0.2, 0.25) is 0 Å². The summed E-state index contributed by atoms with van der Waals surface area (Å²) in [6, 6.07) is 3.63. The Hall–Kier alpha value is -0.610. The molecule has 5 heteroatoms. The topological polar surface area (TPSA) is 34.1 Å². The van der Waals surface area contributed by atoms with Gasteiger partial charge in [0.25, 0.3) is 0 Å². The Morgan fingerprint density at radius 1 is 1.36 bits per heavy atom. The van der Waals surface area contributed by atoms with Crippen molar-refractivity contribution in [3.05, 3.63) is 29.6 Å². The van der Waals surface area contributed by atoms with Crippen LogP contribution in [0.1, 0.15) is 12.5 Å². The molecule has 0 atom stereocenters. The number of benzene rings is 1. The highest BCUT2D eigenvalue weighted by atomic mass is 35.5. The normalized spacial score (nSPS) is 11.6. The highest BCUT2D eigenvalue weighted by Gasteiger charge is 2.13. The fourth-order valence-electron chi connectivity index (χ4n) is 1.04. The minimum Gasteiger partial charge on any atom is -0.224 e. The maximum Gasteiger partial charge on any atom is 0.178 e. The van der Waals surface area contributed by atoms with Crippen LogP contribution < -0.4 is 0 Å². The Morgan fingerprint density at radius 2 is 2.00 bits per heavy atom. The van der Waals surface area contributed by atoms with Crippen molar-refractivity contribution in [2.75, 3.05) is 5.75 Å². The maximum atomic E-state index is 13.0. The summed E-state index contributed by atoms with van der Waals surface area (Å²) in [4.78, 5) is -0.00403. The van der Waals surface area contributed by atoms with Crippen molar-refractivity contribution < 1.29 is 12.8 Å². The van der Waals surface area contributed by atoms with Crippen LogP contribution in [0.3, 0.4) is 0 Å². The van der Waals surface area contributed by atoms with Crippen molar-refractivity contribution in [1.82, 2.24) is 0 Å². The van der Waals surface area contributed by atoms with E-state index in [0.29, 0.717) is 5.56 Å². The number of sulfone groups is 1. The Balaban J connectivity index is 3.29. The lowest BCUT2D eigenvalue weighted by Gasteiger charge is -2.03. The van der Waals surface area contributed by atoms with E-state index < -0.39 is 15.7 Å². The Kier molecular flexibility index (Phi) is 3.50. The van der Waals surface area contributed by atoms with Gasteiger partial charge in [0.1, 0.15) is 5.82 Å². The number of hydrogen-bond donors (Lipinski definition) is 0. The van der Waals surface area contributed by atoms with E-state index in [9.17, 15) is 12.8 Å². The average Bonchev–Trinajstić information content (AvgIpc) is 2.16. The van der Waals surface area contributed by atoms with Gasteiger partial charge in [-0.05, 0) is 23.8 Å². The lowest BCUT2D eigenvalue weighted by atomic mass is 10.2. The van der Waals surface area contributed by atoms with Gasteiger partial charge in [-0.3, -0.25) is 0 Å². The van der Waals surface area contributed by atoms with Crippen LogP contribution in [-0.4, -0.2) is 14.2 Å². The SMILES string of the molecule is CCS(=O)(=O)c1cc(F)cc(CCl)c1.